The number of ether oxygens (including phenoxy) is 3. The van der Waals surface area contributed by atoms with Crippen molar-refractivity contribution in [3.63, 3.8) is 0 Å². The lowest BCUT2D eigenvalue weighted by Gasteiger charge is -2.47. The number of carbonyl (C=O) groups is 2. The van der Waals surface area contributed by atoms with Crippen LogP contribution in [0.1, 0.15) is 53.9 Å². The van der Waals surface area contributed by atoms with Crippen molar-refractivity contribution in [1.29, 1.82) is 0 Å². The average Bonchev–Trinajstić information content (AvgIpc) is 2.88. The van der Waals surface area contributed by atoms with Crippen LogP contribution in [0.15, 0.2) is 12.2 Å². The van der Waals surface area contributed by atoms with E-state index in [1.54, 1.807) is 26.8 Å². The number of nitrogens with two attached hydrogens (primary N) is 1. The normalized spacial score (nSPS) is 38.4. The SMILES string of the molecule is CC(C)/C=C/[C@@H](C[C@@H]1O[C@](O)(C[C@@H](O)C(C)C)C[C@H](O)[C@H]1C(=O)N1CCNC(=O)C1)OC1OC(C)C(O)C(N)C1O. The average molecular weight is 588 g/mol. The Kier molecular flexibility index (Phi) is 11.7. The molecule has 236 valence electrons. The van der Waals surface area contributed by atoms with Crippen molar-refractivity contribution in [2.24, 2.45) is 23.5 Å². The molecule has 0 aromatic carbocycles. The molecule has 0 aromatic heterocycles. The highest BCUT2D eigenvalue weighted by atomic mass is 16.7. The summed E-state index contributed by atoms with van der Waals surface area (Å²) in [6.07, 6.45) is -5.54. The van der Waals surface area contributed by atoms with E-state index in [-0.39, 0.29) is 56.6 Å². The van der Waals surface area contributed by atoms with Gasteiger partial charge in [0.1, 0.15) is 6.10 Å². The molecular weight excluding hydrogens is 538 g/mol. The van der Waals surface area contributed by atoms with Gasteiger partial charge in [0.2, 0.25) is 11.8 Å². The van der Waals surface area contributed by atoms with Crippen LogP contribution in [0.25, 0.3) is 0 Å². The maximum Gasteiger partial charge on any atom is 0.239 e. The summed E-state index contributed by atoms with van der Waals surface area (Å²) in [5.41, 5.74) is 5.99. The maximum absolute atomic E-state index is 13.7. The summed E-state index contributed by atoms with van der Waals surface area (Å²) in [6, 6.07) is -1.02. The van der Waals surface area contributed by atoms with E-state index in [1.165, 1.54) is 4.90 Å². The lowest BCUT2D eigenvalue weighted by Crippen LogP contribution is -2.62. The standard InChI is InChI=1S/C28H49N3O10/c1-14(2)6-7-17(40-27-25(36)23(29)24(35)16(5)39-27)10-20-22(26(37)31-9-8-30-21(34)13-31)19(33)12-28(38,41-20)11-18(32)15(3)4/h6-7,14-20,22-25,27,32-33,35-36,38H,8-13,29H2,1-5H3,(H,30,34)/b7-6+/t16?,17-,18+,19-,20-,22+,23?,24?,25?,27?,28+/m0/s1. The van der Waals surface area contributed by atoms with E-state index in [4.69, 9.17) is 19.9 Å². The summed E-state index contributed by atoms with van der Waals surface area (Å²) in [4.78, 5) is 27.0. The molecule has 0 aromatic rings. The van der Waals surface area contributed by atoms with E-state index in [9.17, 15) is 35.1 Å². The van der Waals surface area contributed by atoms with Crippen LogP contribution in [0.5, 0.6) is 0 Å². The van der Waals surface area contributed by atoms with E-state index in [0.29, 0.717) is 0 Å². The lowest BCUT2D eigenvalue weighted by atomic mass is 9.81. The van der Waals surface area contributed by atoms with E-state index in [0.717, 1.165) is 0 Å². The van der Waals surface area contributed by atoms with Crippen LogP contribution in [-0.2, 0) is 23.8 Å². The number of amides is 2. The Morgan fingerprint density at radius 2 is 1.90 bits per heavy atom. The number of nitrogens with one attached hydrogen (secondary N) is 1. The Morgan fingerprint density at radius 1 is 1.22 bits per heavy atom. The third-order valence-corrected chi connectivity index (χ3v) is 8.03. The second kappa shape index (κ2) is 14.2. The van der Waals surface area contributed by atoms with E-state index < -0.39 is 72.7 Å². The third kappa shape index (κ3) is 8.68. The molecule has 2 amide bonds. The highest BCUT2D eigenvalue weighted by Crippen LogP contribution is 2.39. The smallest absolute Gasteiger partial charge is 0.239 e. The highest BCUT2D eigenvalue weighted by molar-refractivity contribution is 5.87. The lowest BCUT2D eigenvalue weighted by molar-refractivity contribution is -0.308. The molecule has 11 atom stereocenters. The number of rotatable bonds is 10. The number of piperazine rings is 1. The van der Waals surface area contributed by atoms with Gasteiger partial charge in [0.25, 0.3) is 0 Å². The molecule has 3 aliphatic rings. The fourth-order valence-electron chi connectivity index (χ4n) is 5.46. The summed E-state index contributed by atoms with van der Waals surface area (Å²) in [7, 11) is 0. The molecule has 0 radical (unpaired) electrons. The number of hydrogen-bond donors (Lipinski definition) is 7. The Bertz CT molecular complexity index is 920. The zero-order valence-corrected chi connectivity index (χ0v) is 24.6. The van der Waals surface area contributed by atoms with Crippen LogP contribution >= 0.6 is 0 Å². The number of aliphatic hydroxyl groups is 5. The molecule has 8 N–H and O–H groups in total. The molecular formula is C28H49N3O10. The summed E-state index contributed by atoms with van der Waals surface area (Å²) in [6.45, 7) is 9.45. The molecule has 0 bridgehead atoms. The maximum atomic E-state index is 13.7. The first kappa shape index (κ1) is 33.8. The fourth-order valence-corrected chi connectivity index (χ4v) is 5.46. The van der Waals surface area contributed by atoms with Gasteiger partial charge in [0.05, 0.1) is 55.1 Å². The molecule has 0 spiro atoms. The van der Waals surface area contributed by atoms with Gasteiger partial charge < -0.3 is 55.7 Å². The van der Waals surface area contributed by atoms with Crippen LogP contribution in [0.4, 0.5) is 0 Å². The molecule has 3 aliphatic heterocycles. The number of carbonyl (C=O) groups excluding carboxylic acids is 2. The molecule has 3 rings (SSSR count). The van der Waals surface area contributed by atoms with Gasteiger partial charge in [-0.05, 0) is 18.8 Å². The summed E-state index contributed by atoms with van der Waals surface area (Å²) < 4.78 is 18.0. The van der Waals surface area contributed by atoms with Gasteiger partial charge >= 0.3 is 0 Å². The van der Waals surface area contributed by atoms with Crippen molar-refractivity contribution in [1.82, 2.24) is 10.2 Å². The quantitative estimate of drug-likeness (QED) is 0.148. The van der Waals surface area contributed by atoms with Gasteiger partial charge in [-0.15, -0.1) is 0 Å². The Morgan fingerprint density at radius 3 is 2.51 bits per heavy atom. The summed E-state index contributed by atoms with van der Waals surface area (Å²) in [5.74, 6) is -3.97. The molecule has 5 unspecified atom stereocenters. The number of allylic oxidation sites excluding steroid dienone is 1. The van der Waals surface area contributed by atoms with Crippen LogP contribution in [0, 0.1) is 17.8 Å². The molecule has 3 saturated heterocycles. The summed E-state index contributed by atoms with van der Waals surface area (Å²) >= 11 is 0. The van der Waals surface area contributed by atoms with E-state index >= 15 is 0 Å². The molecule has 0 saturated carbocycles. The minimum Gasteiger partial charge on any atom is -0.393 e. The van der Waals surface area contributed by atoms with Gasteiger partial charge in [0.15, 0.2) is 12.1 Å². The Labute approximate surface area is 241 Å². The minimum atomic E-state index is -1.93. The van der Waals surface area contributed by atoms with Gasteiger partial charge in [0, 0.05) is 32.4 Å². The largest absolute Gasteiger partial charge is 0.393 e. The second-order valence-corrected chi connectivity index (χ2v) is 12.3. The number of nitrogens with zero attached hydrogens (tertiary/aromatic N) is 1. The van der Waals surface area contributed by atoms with Crippen molar-refractivity contribution < 1.29 is 49.3 Å². The Balaban J connectivity index is 1.91. The monoisotopic (exact) mass is 587 g/mol. The van der Waals surface area contributed by atoms with Crippen molar-refractivity contribution in [2.45, 2.75) is 115 Å². The van der Waals surface area contributed by atoms with Crippen molar-refractivity contribution in [3.8, 4) is 0 Å². The molecule has 3 fully saturated rings. The molecule has 41 heavy (non-hydrogen) atoms. The van der Waals surface area contributed by atoms with Crippen molar-refractivity contribution in [3.05, 3.63) is 12.2 Å². The molecule has 13 nitrogen and oxygen atoms in total. The van der Waals surface area contributed by atoms with Crippen LogP contribution in [0.2, 0.25) is 0 Å². The van der Waals surface area contributed by atoms with Gasteiger partial charge in [-0.2, -0.15) is 0 Å². The van der Waals surface area contributed by atoms with Gasteiger partial charge in [-0.1, -0.05) is 39.8 Å². The fraction of sp³-hybridized carbons (Fsp3) is 0.857. The molecule has 0 aliphatic carbocycles. The number of hydrogen-bond acceptors (Lipinski definition) is 11. The zero-order valence-electron chi connectivity index (χ0n) is 24.6. The molecule has 13 heteroatoms. The van der Waals surface area contributed by atoms with Crippen LogP contribution in [0.3, 0.4) is 0 Å². The second-order valence-electron chi connectivity index (χ2n) is 12.3. The van der Waals surface area contributed by atoms with Crippen molar-refractivity contribution >= 4 is 11.8 Å². The topological polar surface area (TPSA) is 204 Å². The van der Waals surface area contributed by atoms with Crippen molar-refractivity contribution in [2.75, 3.05) is 19.6 Å². The third-order valence-electron chi connectivity index (χ3n) is 8.03. The first-order valence-electron chi connectivity index (χ1n) is 14.5. The Hall–Kier alpha value is -1.68. The minimum absolute atomic E-state index is 0.0461. The van der Waals surface area contributed by atoms with Crippen LogP contribution < -0.4 is 11.1 Å². The molecule has 3 heterocycles. The van der Waals surface area contributed by atoms with E-state index in [1.807, 2.05) is 19.9 Å². The first-order chi connectivity index (χ1) is 19.1. The van der Waals surface area contributed by atoms with Crippen LogP contribution in [-0.4, -0.2) is 123 Å². The predicted octanol–water partition coefficient (Wildman–Crippen LogP) is -1.41. The number of aliphatic hydroxyl groups excluding tert-OH is 4. The van der Waals surface area contributed by atoms with Gasteiger partial charge in [-0.3, -0.25) is 9.59 Å². The highest BCUT2D eigenvalue weighted by Gasteiger charge is 2.51. The van der Waals surface area contributed by atoms with Gasteiger partial charge in [-0.25, -0.2) is 0 Å². The predicted molar refractivity (Wildman–Crippen MR) is 147 cm³/mol. The summed E-state index contributed by atoms with van der Waals surface area (Å²) in [5, 5.41) is 56.7. The zero-order chi connectivity index (χ0) is 30.6. The first-order valence-corrected chi connectivity index (χ1v) is 14.5. The van der Waals surface area contributed by atoms with E-state index in [2.05, 4.69) is 5.32 Å².